The summed E-state index contributed by atoms with van der Waals surface area (Å²) in [6, 6.07) is 8.01. The van der Waals surface area contributed by atoms with Gasteiger partial charge in [-0.1, -0.05) is 12.1 Å². The lowest BCUT2D eigenvalue weighted by molar-refractivity contribution is -0.132. The summed E-state index contributed by atoms with van der Waals surface area (Å²) in [5.74, 6) is 0.221. The van der Waals surface area contributed by atoms with Gasteiger partial charge < -0.3 is 16.0 Å². The van der Waals surface area contributed by atoms with E-state index >= 15 is 0 Å². The van der Waals surface area contributed by atoms with Crippen molar-refractivity contribution in [2.75, 3.05) is 24.6 Å². The van der Waals surface area contributed by atoms with Crippen LogP contribution < -0.4 is 11.1 Å². The summed E-state index contributed by atoms with van der Waals surface area (Å²) in [7, 11) is 1.84. The highest BCUT2D eigenvalue weighted by Crippen LogP contribution is 2.21. The van der Waals surface area contributed by atoms with Crippen molar-refractivity contribution in [1.29, 1.82) is 0 Å². The Kier molecular flexibility index (Phi) is 2.99. The van der Waals surface area contributed by atoms with Crippen molar-refractivity contribution in [3.05, 3.63) is 24.3 Å². The number of nitrogens with zero attached hydrogens (tertiary/aromatic N) is 1. The van der Waals surface area contributed by atoms with Crippen LogP contribution in [-0.4, -0.2) is 30.4 Å². The lowest BCUT2D eigenvalue weighted by atomic mass is 10.1. The van der Waals surface area contributed by atoms with E-state index in [0.717, 1.165) is 24.3 Å². The monoisotopic (exact) mass is 219 g/mol. The number of rotatable bonds is 2. The Bertz CT molecular complexity index is 392. The molecule has 1 amide bonds. The van der Waals surface area contributed by atoms with Gasteiger partial charge in [-0.25, -0.2) is 0 Å². The van der Waals surface area contributed by atoms with E-state index in [9.17, 15) is 4.79 Å². The maximum Gasteiger partial charge on any atom is 0.222 e. The Balaban J connectivity index is 2.01. The fourth-order valence-corrected chi connectivity index (χ4v) is 1.98. The molecule has 3 N–H and O–H groups in total. The highest BCUT2D eigenvalue weighted by Gasteiger charge is 2.22. The van der Waals surface area contributed by atoms with Crippen LogP contribution >= 0.6 is 0 Å². The lowest BCUT2D eigenvalue weighted by Crippen LogP contribution is -2.43. The third-order valence-corrected chi connectivity index (χ3v) is 2.95. The average Bonchev–Trinajstić information content (AvgIpc) is 2.27. The van der Waals surface area contributed by atoms with Crippen LogP contribution in [-0.2, 0) is 4.79 Å². The molecule has 16 heavy (non-hydrogen) atoms. The van der Waals surface area contributed by atoms with Crippen LogP contribution in [0.2, 0.25) is 0 Å². The lowest BCUT2D eigenvalue weighted by Gasteiger charge is -2.31. The van der Waals surface area contributed by atoms with Crippen LogP contribution in [0.5, 0.6) is 0 Å². The van der Waals surface area contributed by atoms with E-state index in [1.54, 1.807) is 4.90 Å². The van der Waals surface area contributed by atoms with Gasteiger partial charge in [0, 0.05) is 26.1 Å². The Morgan fingerprint density at radius 1 is 1.44 bits per heavy atom. The topological polar surface area (TPSA) is 58.4 Å². The van der Waals surface area contributed by atoms with Crippen molar-refractivity contribution in [2.45, 2.75) is 18.9 Å². The number of piperidine rings is 1. The van der Waals surface area contributed by atoms with Gasteiger partial charge in [-0.05, 0) is 18.6 Å². The molecule has 0 saturated carbocycles. The fourth-order valence-electron chi connectivity index (χ4n) is 1.98. The molecule has 4 nitrogen and oxygen atoms in total. The molecule has 86 valence electrons. The number of carbonyl (C=O) groups excluding carboxylic acids is 1. The minimum absolute atomic E-state index is 0.221. The quantitative estimate of drug-likeness (QED) is 0.737. The molecule has 0 aliphatic carbocycles. The van der Waals surface area contributed by atoms with Crippen molar-refractivity contribution in [2.24, 2.45) is 0 Å². The third-order valence-electron chi connectivity index (χ3n) is 2.95. The number of likely N-dealkylation sites (tertiary alicyclic amines) is 1. The molecule has 1 unspecified atom stereocenters. The maximum absolute atomic E-state index is 11.3. The van der Waals surface area contributed by atoms with Gasteiger partial charge >= 0.3 is 0 Å². The molecule has 1 aliphatic rings. The second kappa shape index (κ2) is 4.43. The van der Waals surface area contributed by atoms with Gasteiger partial charge in [-0.3, -0.25) is 4.79 Å². The van der Waals surface area contributed by atoms with Crippen molar-refractivity contribution in [3.63, 3.8) is 0 Å². The number of nitrogens with two attached hydrogens (primary N) is 1. The number of anilines is 2. The van der Waals surface area contributed by atoms with Gasteiger partial charge in [0.05, 0.1) is 11.4 Å². The normalized spacial score (nSPS) is 20.9. The molecule has 1 aliphatic heterocycles. The highest BCUT2D eigenvalue weighted by atomic mass is 16.2. The van der Waals surface area contributed by atoms with E-state index in [-0.39, 0.29) is 5.91 Å². The predicted octanol–water partition coefficient (Wildman–Crippen LogP) is 1.30. The van der Waals surface area contributed by atoms with Crippen LogP contribution in [0.15, 0.2) is 24.3 Å². The van der Waals surface area contributed by atoms with Crippen LogP contribution in [0.25, 0.3) is 0 Å². The maximum atomic E-state index is 11.3. The third kappa shape index (κ3) is 2.27. The average molecular weight is 219 g/mol. The second-order valence-corrected chi connectivity index (χ2v) is 4.24. The number of hydrogen-bond acceptors (Lipinski definition) is 3. The molecule has 1 fully saturated rings. The van der Waals surface area contributed by atoms with E-state index in [1.165, 1.54) is 0 Å². The van der Waals surface area contributed by atoms with Crippen LogP contribution in [0.4, 0.5) is 11.4 Å². The SMILES string of the molecule is CN1CC(Nc2ccccc2N)CCC1=O. The van der Waals surface area contributed by atoms with E-state index in [1.807, 2.05) is 31.3 Å². The van der Waals surface area contributed by atoms with Crippen molar-refractivity contribution >= 4 is 17.3 Å². The molecule has 0 spiro atoms. The number of hydrogen-bond donors (Lipinski definition) is 2. The Morgan fingerprint density at radius 2 is 2.19 bits per heavy atom. The number of nitrogens with one attached hydrogen (secondary N) is 1. The first-order valence-corrected chi connectivity index (χ1v) is 5.52. The zero-order chi connectivity index (χ0) is 11.5. The fraction of sp³-hybridized carbons (Fsp3) is 0.417. The number of carbonyl (C=O) groups is 1. The zero-order valence-corrected chi connectivity index (χ0v) is 9.44. The molecule has 0 radical (unpaired) electrons. The minimum Gasteiger partial charge on any atom is -0.397 e. The summed E-state index contributed by atoms with van der Waals surface area (Å²) in [6.45, 7) is 0.743. The van der Waals surface area contributed by atoms with E-state index in [2.05, 4.69) is 5.32 Å². The summed E-state index contributed by atoms with van der Waals surface area (Å²) >= 11 is 0. The van der Waals surface area contributed by atoms with Crippen molar-refractivity contribution in [1.82, 2.24) is 4.90 Å². The van der Waals surface area contributed by atoms with Gasteiger partial charge in [0.1, 0.15) is 0 Å². The summed E-state index contributed by atoms with van der Waals surface area (Å²) in [5, 5.41) is 3.38. The number of nitrogen functional groups attached to an aromatic ring is 1. The number of likely N-dealkylation sites (N-methyl/N-ethyl adjacent to an activating group) is 1. The van der Waals surface area contributed by atoms with Gasteiger partial charge in [0.2, 0.25) is 5.91 Å². The molecule has 1 heterocycles. The Labute approximate surface area is 95.4 Å². The highest BCUT2D eigenvalue weighted by molar-refractivity contribution is 5.77. The first-order chi connectivity index (χ1) is 7.66. The van der Waals surface area contributed by atoms with E-state index in [0.29, 0.717) is 12.5 Å². The number of para-hydroxylation sites is 2. The molecule has 1 atom stereocenters. The van der Waals surface area contributed by atoms with Crippen LogP contribution in [0.3, 0.4) is 0 Å². The predicted molar refractivity (Wildman–Crippen MR) is 65.1 cm³/mol. The zero-order valence-electron chi connectivity index (χ0n) is 9.44. The smallest absolute Gasteiger partial charge is 0.222 e. The van der Waals surface area contributed by atoms with E-state index in [4.69, 9.17) is 5.73 Å². The number of benzene rings is 1. The van der Waals surface area contributed by atoms with E-state index < -0.39 is 0 Å². The first-order valence-electron chi connectivity index (χ1n) is 5.52. The molecular formula is C12H17N3O. The Morgan fingerprint density at radius 3 is 2.88 bits per heavy atom. The summed E-state index contributed by atoms with van der Waals surface area (Å²) < 4.78 is 0. The van der Waals surface area contributed by atoms with Gasteiger partial charge in [0.15, 0.2) is 0 Å². The molecule has 4 heteroatoms. The summed E-state index contributed by atoms with van der Waals surface area (Å²) in [4.78, 5) is 13.1. The Hall–Kier alpha value is -1.71. The molecule has 1 saturated heterocycles. The molecule has 0 bridgehead atoms. The standard InChI is InChI=1S/C12H17N3O/c1-15-8-9(6-7-12(15)16)14-11-5-3-2-4-10(11)13/h2-5,9,14H,6-8,13H2,1H3. The molecule has 2 rings (SSSR count). The van der Waals surface area contributed by atoms with Crippen LogP contribution in [0.1, 0.15) is 12.8 Å². The summed E-state index contributed by atoms with van der Waals surface area (Å²) in [6.07, 6.45) is 1.48. The molecular weight excluding hydrogens is 202 g/mol. The first kappa shape index (κ1) is 10.8. The molecule has 1 aromatic rings. The minimum atomic E-state index is 0.221. The van der Waals surface area contributed by atoms with Gasteiger partial charge in [0.25, 0.3) is 0 Å². The summed E-state index contributed by atoms with van der Waals surface area (Å²) in [5.41, 5.74) is 7.56. The second-order valence-electron chi connectivity index (χ2n) is 4.24. The van der Waals surface area contributed by atoms with Crippen molar-refractivity contribution < 1.29 is 4.79 Å². The largest absolute Gasteiger partial charge is 0.397 e. The van der Waals surface area contributed by atoms with Gasteiger partial charge in [-0.2, -0.15) is 0 Å². The number of amides is 1. The van der Waals surface area contributed by atoms with Crippen molar-refractivity contribution in [3.8, 4) is 0 Å². The van der Waals surface area contributed by atoms with Crippen LogP contribution in [0, 0.1) is 0 Å². The van der Waals surface area contributed by atoms with Gasteiger partial charge in [-0.15, -0.1) is 0 Å². The molecule has 0 aromatic heterocycles. The molecule has 1 aromatic carbocycles.